The summed E-state index contributed by atoms with van der Waals surface area (Å²) in [7, 11) is 1.35. The molecule has 0 aliphatic heterocycles. The van der Waals surface area contributed by atoms with Gasteiger partial charge in [-0.25, -0.2) is 0 Å². The number of alkyl halides is 3. The van der Waals surface area contributed by atoms with Gasteiger partial charge in [0.15, 0.2) is 0 Å². The molecule has 3 aromatic rings. The number of hydrogen-bond acceptors (Lipinski definition) is 1. The number of aromatic nitrogens is 1. The molecule has 114 valence electrons. The molecule has 0 spiro atoms. The molecule has 1 aromatic heterocycles. The van der Waals surface area contributed by atoms with E-state index in [0.29, 0.717) is 5.69 Å². The molecule has 0 amide bonds. The molecule has 0 unspecified atom stereocenters. The van der Waals surface area contributed by atoms with E-state index in [4.69, 9.17) is 4.74 Å². The van der Waals surface area contributed by atoms with Crippen molar-refractivity contribution in [3.8, 4) is 11.4 Å². The van der Waals surface area contributed by atoms with Crippen molar-refractivity contribution in [1.82, 2.24) is 4.57 Å². The maximum atomic E-state index is 13.0. The van der Waals surface area contributed by atoms with Crippen LogP contribution < -0.4 is 4.74 Å². The van der Waals surface area contributed by atoms with Gasteiger partial charge in [0, 0.05) is 34.0 Å². The van der Waals surface area contributed by atoms with E-state index in [1.807, 2.05) is 18.2 Å². The summed E-state index contributed by atoms with van der Waals surface area (Å²) < 4.78 is 46.5. The maximum absolute atomic E-state index is 13.0. The summed E-state index contributed by atoms with van der Waals surface area (Å²) in [5, 5.41) is 1.88. The Morgan fingerprint density at radius 1 is 1.00 bits per heavy atom. The molecular weight excluding hydrogens is 359 g/mol. The van der Waals surface area contributed by atoms with Crippen LogP contribution in [-0.4, -0.2) is 11.7 Å². The molecule has 2 aromatic carbocycles. The SMILES string of the molecule is COc1cc(-n2cc3ccc(Br)cc3c2)cc(C(F)(F)F)c1. The van der Waals surface area contributed by atoms with Crippen LogP contribution in [0.25, 0.3) is 16.5 Å². The summed E-state index contributed by atoms with van der Waals surface area (Å²) in [4.78, 5) is 0. The van der Waals surface area contributed by atoms with Gasteiger partial charge in [-0.2, -0.15) is 13.2 Å². The highest BCUT2D eigenvalue weighted by Gasteiger charge is 2.31. The first-order valence-corrected chi connectivity index (χ1v) is 7.20. The molecule has 0 bridgehead atoms. The van der Waals surface area contributed by atoms with Gasteiger partial charge in [0.1, 0.15) is 5.75 Å². The van der Waals surface area contributed by atoms with Crippen molar-refractivity contribution in [2.45, 2.75) is 6.18 Å². The van der Waals surface area contributed by atoms with Crippen LogP contribution in [0.15, 0.2) is 53.3 Å². The van der Waals surface area contributed by atoms with Gasteiger partial charge in [0.05, 0.1) is 12.7 Å². The van der Waals surface area contributed by atoms with E-state index in [0.717, 1.165) is 27.4 Å². The highest BCUT2D eigenvalue weighted by Crippen LogP contribution is 2.34. The highest BCUT2D eigenvalue weighted by molar-refractivity contribution is 9.10. The Hall–Kier alpha value is -1.95. The minimum atomic E-state index is -4.42. The number of methoxy groups -OCH3 is 1. The minimum absolute atomic E-state index is 0.170. The van der Waals surface area contributed by atoms with Crippen LogP contribution in [0.1, 0.15) is 5.56 Å². The van der Waals surface area contributed by atoms with Gasteiger partial charge in [0.2, 0.25) is 0 Å². The molecule has 6 heteroatoms. The van der Waals surface area contributed by atoms with Crippen LogP contribution in [-0.2, 0) is 6.18 Å². The predicted octanol–water partition coefficient (Wildman–Crippen LogP) is 5.42. The Morgan fingerprint density at radius 3 is 2.41 bits per heavy atom. The minimum Gasteiger partial charge on any atom is -0.497 e. The van der Waals surface area contributed by atoms with E-state index >= 15 is 0 Å². The van der Waals surface area contributed by atoms with Crippen LogP contribution in [0.4, 0.5) is 13.2 Å². The largest absolute Gasteiger partial charge is 0.497 e. The average Bonchev–Trinajstić information content (AvgIpc) is 2.88. The monoisotopic (exact) mass is 369 g/mol. The topological polar surface area (TPSA) is 14.2 Å². The summed E-state index contributed by atoms with van der Waals surface area (Å²) in [6, 6.07) is 9.37. The summed E-state index contributed by atoms with van der Waals surface area (Å²) in [5.74, 6) is 0.170. The molecule has 2 nitrogen and oxygen atoms in total. The lowest BCUT2D eigenvalue weighted by atomic mass is 10.2. The molecule has 0 N–H and O–H groups in total. The second kappa shape index (κ2) is 5.35. The second-order valence-corrected chi connectivity index (χ2v) is 5.77. The van der Waals surface area contributed by atoms with Crippen molar-refractivity contribution >= 4 is 26.7 Å². The van der Waals surface area contributed by atoms with Crippen molar-refractivity contribution in [1.29, 1.82) is 0 Å². The van der Waals surface area contributed by atoms with Gasteiger partial charge < -0.3 is 9.30 Å². The molecule has 22 heavy (non-hydrogen) atoms. The summed E-state index contributed by atoms with van der Waals surface area (Å²) in [6.45, 7) is 0. The van der Waals surface area contributed by atoms with E-state index in [1.54, 1.807) is 23.0 Å². The van der Waals surface area contributed by atoms with Gasteiger partial charge >= 0.3 is 6.18 Å². The standard InChI is InChI=1S/C16H11BrF3NO/c1-22-15-6-12(16(18,19)20)5-14(7-15)21-8-10-2-3-13(17)4-11(10)9-21/h2-9H,1H3. The lowest BCUT2D eigenvalue weighted by molar-refractivity contribution is -0.137. The van der Waals surface area contributed by atoms with Crippen molar-refractivity contribution in [3.63, 3.8) is 0 Å². The molecule has 0 radical (unpaired) electrons. The van der Waals surface area contributed by atoms with Crippen LogP contribution in [0.3, 0.4) is 0 Å². The number of fused-ring (bicyclic) bond motifs is 1. The molecule has 0 fully saturated rings. The third kappa shape index (κ3) is 2.83. The first-order valence-electron chi connectivity index (χ1n) is 6.41. The van der Waals surface area contributed by atoms with Gasteiger partial charge in [0.25, 0.3) is 0 Å². The lowest BCUT2D eigenvalue weighted by Crippen LogP contribution is -2.06. The highest BCUT2D eigenvalue weighted by atomic mass is 79.9. The normalized spacial score (nSPS) is 11.9. The average molecular weight is 370 g/mol. The summed E-state index contributed by atoms with van der Waals surface area (Å²) in [6.07, 6.45) is -0.843. The zero-order chi connectivity index (χ0) is 15.9. The van der Waals surface area contributed by atoms with Crippen molar-refractivity contribution in [2.24, 2.45) is 0 Å². The number of rotatable bonds is 2. The van der Waals surface area contributed by atoms with Gasteiger partial charge in [-0.3, -0.25) is 0 Å². The smallest absolute Gasteiger partial charge is 0.416 e. The fourth-order valence-electron chi connectivity index (χ4n) is 2.27. The molecule has 0 saturated carbocycles. The van der Waals surface area contributed by atoms with Crippen LogP contribution in [0, 0.1) is 0 Å². The number of hydrogen-bond donors (Lipinski definition) is 0. The van der Waals surface area contributed by atoms with Crippen LogP contribution in [0.2, 0.25) is 0 Å². The fourth-order valence-corrected chi connectivity index (χ4v) is 2.65. The third-order valence-electron chi connectivity index (χ3n) is 3.36. The Morgan fingerprint density at radius 2 is 1.73 bits per heavy atom. The van der Waals surface area contributed by atoms with Crippen molar-refractivity contribution in [2.75, 3.05) is 7.11 Å². The first kappa shape index (κ1) is 15.0. The van der Waals surface area contributed by atoms with Crippen LogP contribution in [0.5, 0.6) is 5.75 Å². The van der Waals surface area contributed by atoms with E-state index in [-0.39, 0.29) is 5.75 Å². The maximum Gasteiger partial charge on any atom is 0.416 e. The predicted molar refractivity (Wildman–Crippen MR) is 82.5 cm³/mol. The zero-order valence-corrected chi connectivity index (χ0v) is 13.1. The number of halogens is 4. The molecule has 0 aliphatic carbocycles. The number of ether oxygens (including phenoxy) is 1. The Balaban J connectivity index is 2.16. The van der Waals surface area contributed by atoms with E-state index in [9.17, 15) is 13.2 Å². The third-order valence-corrected chi connectivity index (χ3v) is 3.85. The van der Waals surface area contributed by atoms with Crippen LogP contribution >= 0.6 is 15.9 Å². The Bertz CT molecular complexity index is 839. The quantitative estimate of drug-likeness (QED) is 0.588. The molecule has 3 rings (SSSR count). The number of benzene rings is 2. The Kier molecular flexibility index (Phi) is 3.64. The van der Waals surface area contributed by atoms with Gasteiger partial charge in [-0.1, -0.05) is 22.0 Å². The first-order chi connectivity index (χ1) is 10.4. The molecule has 0 saturated heterocycles. The summed E-state index contributed by atoms with van der Waals surface area (Å²) in [5.41, 5.74) is -0.334. The fraction of sp³-hybridized carbons (Fsp3) is 0.125. The molecular formula is C16H11BrF3NO. The summed E-state index contributed by atoms with van der Waals surface area (Å²) >= 11 is 3.38. The van der Waals surface area contributed by atoms with Gasteiger partial charge in [-0.15, -0.1) is 0 Å². The number of nitrogens with zero attached hydrogens (tertiary/aromatic N) is 1. The zero-order valence-electron chi connectivity index (χ0n) is 11.5. The van der Waals surface area contributed by atoms with Crippen molar-refractivity contribution in [3.05, 3.63) is 58.8 Å². The molecule has 1 heterocycles. The van der Waals surface area contributed by atoms with E-state index < -0.39 is 11.7 Å². The molecule has 0 atom stereocenters. The Labute approximate surface area is 133 Å². The van der Waals surface area contributed by atoms with Gasteiger partial charge in [-0.05, 0) is 29.7 Å². The van der Waals surface area contributed by atoms with E-state index in [1.165, 1.54) is 7.11 Å². The molecule has 0 aliphatic rings. The lowest BCUT2D eigenvalue weighted by Gasteiger charge is -2.12. The van der Waals surface area contributed by atoms with E-state index in [2.05, 4.69) is 15.9 Å². The second-order valence-electron chi connectivity index (χ2n) is 4.86. The van der Waals surface area contributed by atoms with Crippen molar-refractivity contribution < 1.29 is 17.9 Å².